The number of amides is 2. The Hall–Kier alpha value is -2.80. The summed E-state index contributed by atoms with van der Waals surface area (Å²) in [5.41, 5.74) is 0.832. The topological polar surface area (TPSA) is 78.4 Å². The van der Waals surface area contributed by atoms with Gasteiger partial charge in [-0.05, 0) is 35.9 Å². The minimum Gasteiger partial charge on any atom is -0.392 e. The molecule has 2 aromatic carbocycles. The number of hydrogen-bond donors (Lipinski definition) is 3. The summed E-state index contributed by atoms with van der Waals surface area (Å²) in [6, 6.07) is 7.75. The van der Waals surface area contributed by atoms with E-state index in [0.717, 1.165) is 6.07 Å². The molecule has 0 aliphatic heterocycles. The van der Waals surface area contributed by atoms with Gasteiger partial charge in [0.1, 0.15) is 11.6 Å². The van der Waals surface area contributed by atoms with Crippen molar-refractivity contribution in [3.8, 4) is 0 Å². The van der Waals surface area contributed by atoms with E-state index in [1.807, 2.05) is 0 Å². The first-order valence-corrected chi connectivity index (χ1v) is 7.14. The highest BCUT2D eigenvalue weighted by molar-refractivity contribution is 5.96. The lowest BCUT2D eigenvalue weighted by Gasteiger charge is -2.09. The molecule has 0 unspecified atom stereocenters. The van der Waals surface area contributed by atoms with Crippen molar-refractivity contribution in [2.45, 2.75) is 20.1 Å². The second-order valence-electron chi connectivity index (χ2n) is 5.14. The van der Waals surface area contributed by atoms with Crippen LogP contribution in [0, 0.1) is 11.6 Å². The normalized spacial score (nSPS) is 10.3. The Bertz CT molecular complexity index is 778. The summed E-state index contributed by atoms with van der Waals surface area (Å²) in [6.45, 7) is 0.907. The van der Waals surface area contributed by atoms with Crippen molar-refractivity contribution in [1.82, 2.24) is 5.32 Å². The highest BCUT2D eigenvalue weighted by Crippen LogP contribution is 2.16. The van der Waals surface area contributed by atoms with Crippen molar-refractivity contribution in [3.63, 3.8) is 0 Å². The van der Waals surface area contributed by atoms with Gasteiger partial charge in [-0.15, -0.1) is 0 Å². The van der Waals surface area contributed by atoms with Crippen LogP contribution in [0.3, 0.4) is 0 Å². The van der Waals surface area contributed by atoms with E-state index >= 15 is 0 Å². The minimum absolute atomic E-state index is 0.0838. The van der Waals surface area contributed by atoms with E-state index in [4.69, 9.17) is 5.11 Å². The Morgan fingerprint density at radius 2 is 1.79 bits per heavy atom. The van der Waals surface area contributed by atoms with E-state index in [0.29, 0.717) is 5.56 Å². The molecule has 0 aromatic heterocycles. The van der Waals surface area contributed by atoms with E-state index in [2.05, 4.69) is 10.6 Å². The van der Waals surface area contributed by atoms with Crippen LogP contribution in [0.2, 0.25) is 0 Å². The van der Waals surface area contributed by atoms with Gasteiger partial charge < -0.3 is 15.7 Å². The van der Waals surface area contributed by atoms with Crippen LogP contribution in [0.5, 0.6) is 0 Å². The van der Waals surface area contributed by atoms with E-state index in [-0.39, 0.29) is 23.4 Å². The molecular weight excluding hydrogens is 318 g/mol. The zero-order valence-corrected chi connectivity index (χ0v) is 12.9. The minimum atomic E-state index is -0.645. The second-order valence-corrected chi connectivity index (χ2v) is 5.14. The van der Waals surface area contributed by atoms with Crippen LogP contribution in [0.4, 0.5) is 14.5 Å². The Labute approximate surface area is 137 Å². The van der Waals surface area contributed by atoms with Crippen LogP contribution in [0.25, 0.3) is 0 Å². The van der Waals surface area contributed by atoms with Crippen molar-refractivity contribution in [1.29, 1.82) is 0 Å². The third kappa shape index (κ3) is 4.36. The van der Waals surface area contributed by atoms with Crippen LogP contribution in [-0.2, 0) is 17.9 Å². The first kappa shape index (κ1) is 17.6. The first-order chi connectivity index (χ1) is 11.4. The summed E-state index contributed by atoms with van der Waals surface area (Å²) in [5, 5.41) is 13.9. The number of carbonyl (C=O) groups is 2. The zero-order chi connectivity index (χ0) is 17.7. The Morgan fingerprint density at radius 1 is 1.08 bits per heavy atom. The van der Waals surface area contributed by atoms with Crippen LogP contribution in [0.1, 0.15) is 28.4 Å². The third-order valence-electron chi connectivity index (χ3n) is 3.27. The van der Waals surface area contributed by atoms with Crippen LogP contribution in [-0.4, -0.2) is 16.9 Å². The highest BCUT2D eigenvalue weighted by atomic mass is 19.1. The molecule has 5 nitrogen and oxygen atoms in total. The number of anilines is 1. The van der Waals surface area contributed by atoms with Gasteiger partial charge in [0.05, 0.1) is 12.3 Å². The average molecular weight is 334 g/mol. The van der Waals surface area contributed by atoms with Crippen LogP contribution in [0.15, 0.2) is 36.4 Å². The molecule has 2 aromatic rings. The zero-order valence-electron chi connectivity index (χ0n) is 12.9. The number of aliphatic hydroxyl groups excluding tert-OH is 1. The molecule has 0 saturated carbocycles. The molecule has 0 heterocycles. The number of carbonyl (C=O) groups excluding carboxylic acids is 2. The lowest BCUT2D eigenvalue weighted by molar-refractivity contribution is -0.114. The van der Waals surface area contributed by atoms with Gasteiger partial charge in [0.2, 0.25) is 5.91 Å². The maximum atomic E-state index is 13.6. The summed E-state index contributed by atoms with van der Waals surface area (Å²) < 4.78 is 26.9. The van der Waals surface area contributed by atoms with Gasteiger partial charge in [0.25, 0.3) is 5.91 Å². The van der Waals surface area contributed by atoms with Crippen molar-refractivity contribution >= 4 is 17.5 Å². The third-order valence-corrected chi connectivity index (χ3v) is 3.27. The van der Waals surface area contributed by atoms with Crippen molar-refractivity contribution < 1.29 is 23.5 Å². The summed E-state index contributed by atoms with van der Waals surface area (Å²) in [4.78, 5) is 23.1. The largest absolute Gasteiger partial charge is 0.392 e. The van der Waals surface area contributed by atoms with Crippen molar-refractivity contribution in [2.24, 2.45) is 0 Å². The van der Waals surface area contributed by atoms with Gasteiger partial charge in [0.15, 0.2) is 0 Å². The first-order valence-electron chi connectivity index (χ1n) is 7.14. The Kier molecular flexibility index (Phi) is 5.59. The molecule has 0 saturated heterocycles. The summed E-state index contributed by atoms with van der Waals surface area (Å²) in [6.07, 6.45) is 0. The molecule has 0 aliphatic carbocycles. The maximum Gasteiger partial charge on any atom is 0.251 e. The molecule has 2 rings (SSSR count). The smallest absolute Gasteiger partial charge is 0.251 e. The summed E-state index contributed by atoms with van der Waals surface area (Å²) in [5.74, 6) is -2.09. The van der Waals surface area contributed by atoms with Gasteiger partial charge in [-0.2, -0.15) is 0 Å². The molecule has 0 spiro atoms. The highest BCUT2D eigenvalue weighted by Gasteiger charge is 2.11. The molecule has 0 atom stereocenters. The lowest BCUT2D eigenvalue weighted by Crippen LogP contribution is -2.23. The maximum absolute atomic E-state index is 13.6. The van der Waals surface area contributed by atoms with Crippen molar-refractivity contribution in [3.05, 3.63) is 64.7 Å². The average Bonchev–Trinajstić information content (AvgIpc) is 2.55. The van der Waals surface area contributed by atoms with Gasteiger partial charge in [-0.25, -0.2) is 8.78 Å². The summed E-state index contributed by atoms with van der Waals surface area (Å²) in [7, 11) is 0. The van der Waals surface area contributed by atoms with Crippen molar-refractivity contribution in [2.75, 3.05) is 5.32 Å². The molecule has 2 amide bonds. The number of rotatable bonds is 5. The standard InChI is InChI=1S/C17H16F2N2O3/c1-10(23)21-16-7-12(3-5-15(16)19)17(24)20-8-11-2-4-14(18)13(6-11)9-22/h2-7,22H,8-9H2,1H3,(H,20,24)(H,21,23). The van der Waals surface area contributed by atoms with E-state index in [9.17, 15) is 18.4 Å². The predicted molar refractivity (Wildman–Crippen MR) is 84.2 cm³/mol. The quantitative estimate of drug-likeness (QED) is 0.785. The van der Waals surface area contributed by atoms with Gasteiger partial charge >= 0.3 is 0 Å². The monoisotopic (exact) mass is 334 g/mol. The molecule has 7 heteroatoms. The lowest BCUT2D eigenvalue weighted by atomic mass is 10.1. The van der Waals surface area contributed by atoms with E-state index < -0.39 is 30.1 Å². The SMILES string of the molecule is CC(=O)Nc1cc(C(=O)NCc2ccc(F)c(CO)c2)ccc1F. The Morgan fingerprint density at radius 3 is 2.46 bits per heavy atom. The number of nitrogens with one attached hydrogen (secondary N) is 2. The number of aliphatic hydroxyl groups is 1. The van der Waals surface area contributed by atoms with Gasteiger partial charge in [-0.3, -0.25) is 9.59 Å². The van der Waals surface area contributed by atoms with Gasteiger partial charge in [0, 0.05) is 24.6 Å². The molecule has 0 fully saturated rings. The van der Waals surface area contributed by atoms with Crippen LogP contribution >= 0.6 is 0 Å². The fourth-order valence-electron chi connectivity index (χ4n) is 2.10. The van der Waals surface area contributed by atoms with Crippen LogP contribution < -0.4 is 10.6 Å². The van der Waals surface area contributed by atoms with Gasteiger partial charge in [-0.1, -0.05) is 6.07 Å². The number of halogens is 2. The summed E-state index contributed by atoms with van der Waals surface area (Å²) >= 11 is 0. The fourth-order valence-corrected chi connectivity index (χ4v) is 2.10. The molecule has 0 bridgehead atoms. The second kappa shape index (κ2) is 7.65. The number of hydrogen-bond acceptors (Lipinski definition) is 3. The molecule has 24 heavy (non-hydrogen) atoms. The number of benzene rings is 2. The molecular formula is C17H16F2N2O3. The van der Waals surface area contributed by atoms with E-state index in [1.165, 1.54) is 37.3 Å². The fraction of sp³-hybridized carbons (Fsp3) is 0.176. The predicted octanol–water partition coefficient (Wildman–Crippen LogP) is 2.35. The molecule has 126 valence electrons. The molecule has 0 aliphatic rings. The Balaban J connectivity index is 2.08. The molecule has 3 N–H and O–H groups in total. The van der Waals surface area contributed by atoms with E-state index in [1.54, 1.807) is 0 Å². The molecule has 0 radical (unpaired) electrons.